The SMILES string of the molecule is O=C(c1ccccc1)C(O)(Br)c1ccccc1. The van der Waals surface area contributed by atoms with Crippen LogP contribution in [0.5, 0.6) is 0 Å². The third-order valence-electron chi connectivity index (χ3n) is 2.49. The lowest BCUT2D eigenvalue weighted by molar-refractivity contribution is 0.0679. The second-order valence-corrected chi connectivity index (χ2v) is 4.83. The molecule has 2 rings (SSSR count). The Hall–Kier alpha value is -1.45. The van der Waals surface area contributed by atoms with Gasteiger partial charge in [0.15, 0.2) is 0 Å². The highest BCUT2D eigenvalue weighted by Crippen LogP contribution is 2.31. The fourth-order valence-corrected chi connectivity index (χ4v) is 2.06. The van der Waals surface area contributed by atoms with Gasteiger partial charge in [0, 0.05) is 11.1 Å². The Labute approximate surface area is 108 Å². The van der Waals surface area contributed by atoms with Gasteiger partial charge in [0.2, 0.25) is 10.3 Å². The summed E-state index contributed by atoms with van der Waals surface area (Å²) in [4.78, 5) is 12.2. The molecule has 3 heteroatoms. The minimum atomic E-state index is -1.67. The number of ketones is 1. The van der Waals surface area contributed by atoms with Crippen LogP contribution in [0.3, 0.4) is 0 Å². The van der Waals surface area contributed by atoms with Gasteiger partial charge in [0.25, 0.3) is 0 Å². The summed E-state index contributed by atoms with van der Waals surface area (Å²) in [6.45, 7) is 0. The zero-order valence-corrected chi connectivity index (χ0v) is 10.6. The molecule has 1 unspecified atom stereocenters. The number of hydrogen-bond acceptors (Lipinski definition) is 2. The molecule has 1 atom stereocenters. The molecule has 0 saturated carbocycles. The summed E-state index contributed by atoms with van der Waals surface area (Å²) in [6.07, 6.45) is 0. The largest absolute Gasteiger partial charge is 0.368 e. The molecule has 2 aromatic carbocycles. The van der Waals surface area contributed by atoms with E-state index in [1.165, 1.54) is 0 Å². The van der Waals surface area contributed by atoms with Crippen molar-refractivity contribution in [2.24, 2.45) is 0 Å². The van der Waals surface area contributed by atoms with Gasteiger partial charge in [-0.05, 0) is 15.9 Å². The fraction of sp³-hybridized carbons (Fsp3) is 0.0714. The van der Waals surface area contributed by atoms with E-state index in [4.69, 9.17) is 0 Å². The molecule has 2 aromatic rings. The van der Waals surface area contributed by atoms with Gasteiger partial charge in [-0.1, -0.05) is 60.7 Å². The number of hydrogen-bond donors (Lipinski definition) is 1. The maximum Gasteiger partial charge on any atom is 0.210 e. The maximum atomic E-state index is 12.2. The van der Waals surface area contributed by atoms with Crippen LogP contribution in [0, 0.1) is 0 Å². The monoisotopic (exact) mass is 290 g/mol. The van der Waals surface area contributed by atoms with E-state index in [0.717, 1.165) is 0 Å². The van der Waals surface area contributed by atoms with Gasteiger partial charge in [-0.15, -0.1) is 0 Å². The van der Waals surface area contributed by atoms with Gasteiger partial charge in [-0.25, -0.2) is 0 Å². The highest BCUT2D eigenvalue weighted by atomic mass is 79.9. The molecule has 0 aliphatic carbocycles. The molecule has 0 fully saturated rings. The quantitative estimate of drug-likeness (QED) is 0.697. The van der Waals surface area contributed by atoms with Crippen LogP contribution in [0.4, 0.5) is 0 Å². The van der Waals surface area contributed by atoms with Crippen molar-refractivity contribution >= 4 is 21.7 Å². The molecule has 0 spiro atoms. The van der Waals surface area contributed by atoms with Gasteiger partial charge in [-0.2, -0.15) is 0 Å². The molecule has 0 aromatic heterocycles. The zero-order chi connectivity index (χ0) is 12.3. The Balaban J connectivity index is 2.37. The maximum absolute atomic E-state index is 12.2. The number of benzene rings is 2. The first-order valence-electron chi connectivity index (χ1n) is 5.19. The van der Waals surface area contributed by atoms with Crippen molar-refractivity contribution in [1.82, 2.24) is 0 Å². The Morgan fingerprint density at radius 3 is 1.94 bits per heavy atom. The molecule has 1 N–H and O–H groups in total. The zero-order valence-electron chi connectivity index (χ0n) is 9.01. The van der Waals surface area contributed by atoms with E-state index in [1.807, 2.05) is 12.1 Å². The Morgan fingerprint density at radius 2 is 1.41 bits per heavy atom. The number of carbonyl (C=O) groups excluding carboxylic acids is 1. The first-order valence-corrected chi connectivity index (χ1v) is 5.98. The Morgan fingerprint density at radius 1 is 0.941 bits per heavy atom. The predicted molar refractivity (Wildman–Crippen MR) is 70.0 cm³/mol. The van der Waals surface area contributed by atoms with Crippen molar-refractivity contribution in [3.05, 3.63) is 71.8 Å². The van der Waals surface area contributed by atoms with E-state index in [-0.39, 0.29) is 5.78 Å². The lowest BCUT2D eigenvalue weighted by Gasteiger charge is -2.20. The minimum Gasteiger partial charge on any atom is -0.368 e. The van der Waals surface area contributed by atoms with Gasteiger partial charge in [-0.3, -0.25) is 4.79 Å². The first kappa shape index (κ1) is 12.0. The number of alkyl halides is 1. The highest BCUT2D eigenvalue weighted by molar-refractivity contribution is 9.10. The van der Waals surface area contributed by atoms with Crippen molar-refractivity contribution in [3.8, 4) is 0 Å². The van der Waals surface area contributed by atoms with Crippen LogP contribution in [0.2, 0.25) is 0 Å². The Kier molecular flexibility index (Phi) is 3.41. The highest BCUT2D eigenvalue weighted by Gasteiger charge is 2.35. The summed E-state index contributed by atoms with van der Waals surface area (Å²) in [6, 6.07) is 17.5. The molecule has 0 radical (unpaired) electrons. The van der Waals surface area contributed by atoms with E-state index < -0.39 is 4.51 Å². The molecule has 86 valence electrons. The number of halogens is 1. The van der Waals surface area contributed by atoms with E-state index in [0.29, 0.717) is 11.1 Å². The number of Topliss-reactive ketones (excluding diaryl/α,β-unsaturated/α-hetero) is 1. The van der Waals surface area contributed by atoms with Crippen molar-refractivity contribution in [2.75, 3.05) is 0 Å². The summed E-state index contributed by atoms with van der Waals surface area (Å²) in [7, 11) is 0. The summed E-state index contributed by atoms with van der Waals surface area (Å²) >= 11 is 3.10. The van der Waals surface area contributed by atoms with Gasteiger partial charge < -0.3 is 5.11 Å². The molecule has 0 aliphatic rings. The van der Waals surface area contributed by atoms with E-state index >= 15 is 0 Å². The third-order valence-corrected chi connectivity index (χ3v) is 3.31. The second kappa shape index (κ2) is 4.82. The molecular formula is C14H11BrO2. The van der Waals surface area contributed by atoms with E-state index in [2.05, 4.69) is 15.9 Å². The fourth-order valence-electron chi connectivity index (χ4n) is 1.57. The van der Waals surface area contributed by atoms with Gasteiger partial charge in [0.05, 0.1) is 0 Å². The van der Waals surface area contributed by atoms with Crippen LogP contribution in [-0.4, -0.2) is 10.9 Å². The summed E-state index contributed by atoms with van der Waals surface area (Å²) in [5.41, 5.74) is 0.990. The van der Waals surface area contributed by atoms with Crippen LogP contribution in [0.1, 0.15) is 15.9 Å². The summed E-state index contributed by atoms with van der Waals surface area (Å²) < 4.78 is -1.67. The van der Waals surface area contributed by atoms with Crippen LogP contribution < -0.4 is 0 Å². The molecule has 0 amide bonds. The molecule has 0 bridgehead atoms. The smallest absolute Gasteiger partial charge is 0.210 e. The topological polar surface area (TPSA) is 37.3 Å². The minimum absolute atomic E-state index is 0.371. The second-order valence-electron chi connectivity index (χ2n) is 3.68. The van der Waals surface area contributed by atoms with Crippen LogP contribution in [0.15, 0.2) is 60.7 Å². The van der Waals surface area contributed by atoms with E-state index in [9.17, 15) is 9.90 Å². The van der Waals surface area contributed by atoms with Gasteiger partial charge in [0.1, 0.15) is 0 Å². The van der Waals surface area contributed by atoms with Crippen LogP contribution in [0.25, 0.3) is 0 Å². The molecule has 17 heavy (non-hydrogen) atoms. The average Bonchev–Trinajstić information content (AvgIpc) is 2.40. The van der Waals surface area contributed by atoms with E-state index in [1.54, 1.807) is 48.5 Å². The molecule has 0 saturated heterocycles. The Bertz CT molecular complexity index is 506. The van der Waals surface area contributed by atoms with Crippen LogP contribution in [-0.2, 0) is 4.51 Å². The van der Waals surface area contributed by atoms with Crippen molar-refractivity contribution in [1.29, 1.82) is 0 Å². The lowest BCUT2D eigenvalue weighted by atomic mass is 10.00. The lowest BCUT2D eigenvalue weighted by Crippen LogP contribution is -2.28. The summed E-state index contributed by atoms with van der Waals surface area (Å²) in [5.74, 6) is -0.371. The number of aliphatic hydroxyl groups is 1. The van der Waals surface area contributed by atoms with Gasteiger partial charge >= 0.3 is 0 Å². The molecule has 2 nitrogen and oxygen atoms in total. The average molecular weight is 291 g/mol. The first-order chi connectivity index (χ1) is 8.12. The molecule has 0 heterocycles. The predicted octanol–water partition coefficient (Wildman–Crippen LogP) is 3.11. The molecular weight excluding hydrogens is 280 g/mol. The van der Waals surface area contributed by atoms with Crippen LogP contribution >= 0.6 is 15.9 Å². The van der Waals surface area contributed by atoms with Crippen molar-refractivity contribution in [2.45, 2.75) is 4.51 Å². The van der Waals surface area contributed by atoms with Crippen molar-refractivity contribution < 1.29 is 9.90 Å². The normalized spacial score (nSPS) is 14.0. The molecule has 0 aliphatic heterocycles. The van der Waals surface area contributed by atoms with Crippen molar-refractivity contribution in [3.63, 3.8) is 0 Å². The summed E-state index contributed by atoms with van der Waals surface area (Å²) in [5, 5.41) is 10.3. The standard InChI is InChI=1S/C14H11BrO2/c15-14(17,12-9-5-2-6-10-12)13(16)11-7-3-1-4-8-11/h1-10,17H. The number of carbonyl (C=O) groups is 1. The third kappa shape index (κ3) is 2.46. The number of rotatable bonds is 3.